The first-order valence-electron chi connectivity index (χ1n) is 16.3. The van der Waals surface area contributed by atoms with E-state index in [1.165, 1.54) is 0 Å². The molecule has 0 amide bonds. The van der Waals surface area contributed by atoms with Gasteiger partial charge >= 0.3 is 19.8 Å². The third kappa shape index (κ3) is 20.2. The molecule has 0 aliphatic carbocycles. The Balaban J connectivity index is 6.01. The maximum absolute atomic E-state index is 14.0. The van der Waals surface area contributed by atoms with Crippen molar-refractivity contribution in [3.8, 4) is 0 Å². The fourth-order valence-electron chi connectivity index (χ4n) is 3.31. The van der Waals surface area contributed by atoms with E-state index < -0.39 is 19.8 Å². The molecule has 0 fully saturated rings. The van der Waals surface area contributed by atoms with Crippen molar-refractivity contribution >= 4 is 19.4 Å². The molecule has 12 heteroatoms. The third-order valence-electron chi connectivity index (χ3n) is 6.04. The molecule has 0 aliphatic heterocycles. The molecule has 0 saturated heterocycles. The molecule has 0 rings (SSSR count). The number of alkyl halides is 1. The first kappa shape index (κ1) is 42.2. The highest BCUT2D eigenvalue weighted by molar-refractivity contribution is 7.48. The minimum absolute atomic E-state index is 0.0625. The Hall–Kier alpha value is 0.160. The summed E-state index contributed by atoms with van der Waals surface area (Å²) < 4.78 is 67.9. The second-order valence-corrected chi connectivity index (χ2v) is 12.1. The van der Waals surface area contributed by atoms with Crippen LogP contribution < -0.4 is 0 Å². The highest BCUT2D eigenvalue weighted by Gasteiger charge is 2.43. The van der Waals surface area contributed by atoms with Crippen molar-refractivity contribution in [3.05, 3.63) is 0 Å². The van der Waals surface area contributed by atoms with Gasteiger partial charge in [-0.25, -0.2) is 4.57 Å². The van der Waals surface area contributed by atoms with Gasteiger partial charge in [-0.05, 0) is 38.5 Å². The van der Waals surface area contributed by atoms with Gasteiger partial charge in [0.05, 0.1) is 46.2 Å². The molecular weight excluding hydrogens is 587 g/mol. The number of phosphoric acid groups is 1. The Labute approximate surface area is 261 Å². The molecule has 0 radical (unpaired) electrons. The van der Waals surface area contributed by atoms with Crippen molar-refractivity contribution in [2.24, 2.45) is 0 Å². The lowest BCUT2D eigenvalue weighted by molar-refractivity contribution is -0.394. The summed E-state index contributed by atoms with van der Waals surface area (Å²) in [5, 5.41) is 0. The number of rotatable bonds is 33. The average molecular weight is 649 g/mol. The van der Waals surface area contributed by atoms with Crippen LogP contribution in [0.1, 0.15) is 119 Å². The lowest BCUT2D eigenvalue weighted by Crippen LogP contribution is -2.46. The van der Waals surface area contributed by atoms with Crippen LogP contribution in [0.2, 0.25) is 0 Å². The van der Waals surface area contributed by atoms with Gasteiger partial charge < -0.3 is 28.4 Å². The van der Waals surface area contributed by atoms with Crippen molar-refractivity contribution in [1.82, 2.24) is 0 Å². The van der Waals surface area contributed by atoms with E-state index in [1.807, 2.05) is 0 Å². The number of halogens is 1. The average Bonchev–Trinajstić information content (AvgIpc) is 2.99. The van der Waals surface area contributed by atoms with Crippen LogP contribution in [0.4, 0.5) is 0 Å². The van der Waals surface area contributed by atoms with Gasteiger partial charge in [0.2, 0.25) is 0 Å². The largest absolute Gasteiger partial charge is 0.475 e. The Morgan fingerprint density at radius 1 is 0.452 bits per heavy atom. The minimum atomic E-state index is -4.23. The zero-order chi connectivity index (χ0) is 31.4. The van der Waals surface area contributed by atoms with Crippen molar-refractivity contribution in [3.63, 3.8) is 0 Å². The van der Waals surface area contributed by atoms with Gasteiger partial charge in [0.1, 0.15) is 13.2 Å². The Kier molecular flexibility index (Phi) is 27.6. The first-order valence-corrected chi connectivity index (χ1v) is 18.3. The molecule has 0 bridgehead atoms. The van der Waals surface area contributed by atoms with Crippen LogP contribution in [-0.2, 0) is 46.6 Å². The van der Waals surface area contributed by atoms with Crippen LogP contribution in [-0.4, -0.2) is 77.3 Å². The summed E-state index contributed by atoms with van der Waals surface area (Å²) in [6.45, 7) is 14.0. The van der Waals surface area contributed by atoms with Gasteiger partial charge in [0, 0.05) is 5.88 Å². The highest BCUT2D eigenvalue weighted by Crippen LogP contribution is 2.51. The summed E-state index contributed by atoms with van der Waals surface area (Å²) in [7, 11) is -4.23. The number of ether oxygens (including phenoxy) is 6. The number of hydrogen-bond acceptors (Lipinski definition) is 10. The van der Waals surface area contributed by atoms with E-state index in [4.69, 9.17) is 53.6 Å². The summed E-state index contributed by atoms with van der Waals surface area (Å²) >= 11 is 5.89. The van der Waals surface area contributed by atoms with E-state index in [0.717, 1.165) is 77.0 Å². The summed E-state index contributed by atoms with van der Waals surface area (Å²) in [5.41, 5.74) is 0. The molecule has 10 nitrogen and oxygen atoms in total. The molecular formula is C30H62ClO10P. The minimum Gasteiger partial charge on any atom is -0.326 e. The molecule has 42 heavy (non-hydrogen) atoms. The predicted octanol–water partition coefficient (Wildman–Crippen LogP) is 8.59. The first-order chi connectivity index (χ1) is 20.3. The maximum Gasteiger partial charge on any atom is 0.475 e. The van der Waals surface area contributed by atoms with E-state index in [-0.39, 0.29) is 25.7 Å². The molecule has 0 spiro atoms. The Morgan fingerprint density at radius 2 is 0.714 bits per heavy atom. The lowest BCUT2D eigenvalue weighted by atomic mass is 10.3. The van der Waals surface area contributed by atoms with Gasteiger partial charge in [0.15, 0.2) is 0 Å². The van der Waals surface area contributed by atoms with Crippen LogP contribution in [0.15, 0.2) is 0 Å². The zero-order valence-electron chi connectivity index (χ0n) is 27.5. The van der Waals surface area contributed by atoms with Crippen LogP contribution >= 0.6 is 19.4 Å². The summed E-state index contributed by atoms with van der Waals surface area (Å²) in [5.74, 6) is -3.04. The quantitative estimate of drug-likeness (QED) is 0.0298. The highest BCUT2D eigenvalue weighted by atomic mass is 35.5. The summed E-state index contributed by atoms with van der Waals surface area (Å²) in [4.78, 5) is 0. The van der Waals surface area contributed by atoms with Crippen molar-refractivity contribution in [1.29, 1.82) is 0 Å². The van der Waals surface area contributed by atoms with E-state index in [1.54, 1.807) is 0 Å². The zero-order valence-corrected chi connectivity index (χ0v) is 29.1. The van der Waals surface area contributed by atoms with E-state index in [2.05, 4.69) is 41.5 Å². The fraction of sp³-hybridized carbons (Fsp3) is 1.00. The van der Waals surface area contributed by atoms with E-state index in [9.17, 15) is 4.57 Å². The van der Waals surface area contributed by atoms with Crippen molar-refractivity contribution in [2.45, 2.75) is 131 Å². The van der Waals surface area contributed by atoms with Crippen molar-refractivity contribution in [2.75, 3.05) is 65.3 Å². The predicted molar refractivity (Wildman–Crippen MR) is 167 cm³/mol. The molecule has 0 atom stereocenters. The molecule has 0 heterocycles. The molecule has 0 saturated carbocycles. The second kappa shape index (κ2) is 27.5. The molecule has 0 N–H and O–H groups in total. The van der Waals surface area contributed by atoms with Gasteiger partial charge in [-0.15, -0.1) is 11.6 Å². The van der Waals surface area contributed by atoms with Crippen LogP contribution in [0, 0.1) is 0 Å². The van der Waals surface area contributed by atoms with Gasteiger partial charge in [-0.3, -0.25) is 13.6 Å². The van der Waals surface area contributed by atoms with Crippen LogP contribution in [0.25, 0.3) is 0 Å². The maximum atomic E-state index is 14.0. The number of hydrogen-bond donors (Lipinski definition) is 0. The molecule has 254 valence electrons. The number of phosphoric ester groups is 1. The Morgan fingerprint density at radius 3 is 0.929 bits per heavy atom. The molecule has 0 aromatic heterocycles. The SMILES string of the molecule is CCCCOC(COP(=O)(OCCCl)OCC(OCCCC)(OCCCC)OCCCC)(OCCCC)OCCCC. The third-order valence-corrected chi connectivity index (χ3v) is 7.59. The normalized spacial score (nSPS) is 12.8. The molecule has 0 aliphatic rings. The van der Waals surface area contributed by atoms with Crippen LogP contribution in [0.5, 0.6) is 0 Å². The smallest absolute Gasteiger partial charge is 0.326 e. The van der Waals surface area contributed by atoms with E-state index in [0.29, 0.717) is 39.6 Å². The standard InChI is InChI=1S/C30H62ClO10P/c1-7-13-20-33-29(34-21-14-8-2,35-22-15-9-3)27-40-42(32,39-26-19-31)41-28-30(36-23-16-10-4,37-24-17-11-5)38-25-18-12-6/h7-28H2,1-6H3. The van der Waals surface area contributed by atoms with Gasteiger partial charge in [-0.2, -0.15) is 0 Å². The lowest BCUT2D eigenvalue weighted by Gasteiger charge is -2.35. The topological polar surface area (TPSA) is 100 Å². The fourth-order valence-corrected chi connectivity index (χ4v) is 4.66. The van der Waals surface area contributed by atoms with Gasteiger partial charge in [-0.1, -0.05) is 80.1 Å². The van der Waals surface area contributed by atoms with Gasteiger partial charge in [0.25, 0.3) is 0 Å². The molecule has 0 aromatic rings. The summed E-state index contributed by atoms with van der Waals surface area (Å²) in [6, 6.07) is 0. The van der Waals surface area contributed by atoms with Crippen molar-refractivity contribution < 1.29 is 46.6 Å². The summed E-state index contributed by atoms with van der Waals surface area (Å²) in [6.07, 6.45) is 10.4. The molecule has 0 unspecified atom stereocenters. The van der Waals surface area contributed by atoms with E-state index >= 15 is 0 Å². The Bertz CT molecular complexity index is 544. The van der Waals surface area contributed by atoms with Crippen LogP contribution in [0.3, 0.4) is 0 Å². The molecule has 0 aromatic carbocycles. The monoisotopic (exact) mass is 648 g/mol. The number of unbranched alkanes of at least 4 members (excludes halogenated alkanes) is 6. The second-order valence-electron chi connectivity index (χ2n) is 10.1.